The number of ether oxygens (including phenoxy) is 1. The molecule has 1 fully saturated rings. The summed E-state index contributed by atoms with van der Waals surface area (Å²) in [4.78, 5) is 21.5. The molecule has 0 aromatic heterocycles. The Morgan fingerprint density at radius 1 is 1.41 bits per heavy atom. The third-order valence-corrected chi connectivity index (χ3v) is 2.35. The van der Waals surface area contributed by atoms with Crippen LogP contribution in [0.25, 0.3) is 0 Å². The minimum atomic E-state index is -1.90. The maximum Gasteiger partial charge on any atom is 0.310 e. The van der Waals surface area contributed by atoms with Gasteiger partial charge in [0, 0.05) is 0 Å². The number of carboxylic acid groups (broad SMARTS) is 1. The maximum atomic E-state index is 11.2. The Morgan fingerprint density at radius 3 is 2.53 bits per heavy atom. The highest BCUT2D eigenvalue weighted by molar-refractivity contribution is 5.97. The second-order valence-corrected chi connectivity index (χ2v) is 3.67. The highest BCUT2D eigenvalue weighted by atomic mass is 16.5. The lowest BCUT2D eigenvalue weighted by atomic mass is 9.94. The molecule has 1 unspecified atom stereocenters. The van der Waals surface area contributed by atoms with E-state index in [2.05, 4.69) is 0 Å². The summed E-state index contributed by atoms with van der Waals surface area (Å²) in [6, 6.07) is 0. The van der Waals surface area contributed by atoms with Crippen LogP contribution in [-0.4, -0.2) is 68.3 Å². The number of carboxylic acids is 1. The molecule has 8 heteroatoms. The molecular formula is C9H13O8. The van der Waals surface area contributed by atoms with Crippen LogP contribution >= 0.6 is 0 Å². The first-order chi connectivity index (χ1) is 7.84. The van der Waals surface area contributed by atoms with Gasteiger partial charge in [-0.05, 0) is 0 Å². The van der Waals surface area contributed by atoms with E-state index in [1.54, 1.807) is 0 Å². The molecular weight excluding hydrogens is 236 g/mol. The van der Waals surface area contributed by atoms with Crippen molar-refractivity contribution in [1.82, 2.24) is 0 Å². The van der Waals surface area contributed by atoms with Crippen molar-refractivity contribution < 1.29 is 39.9 Å². The van der Waals surface area contributed by atoms with Crippen LogP contribution in [0.3, 0.4) is 0 Å². The van der Waals surface area contributed by atoms with E-state index in [1.165, 1.54) is 0 Å². The van der Waals surface area contributed by atoms with Crippen LogP contribution in [0.2, 0.25) is 0 Å². The Kier molecular flexibility index (Phi) is 4.54. The number of aliphatic hydroxyl groups is 4. The van der Waals surface area contributed by atoms with E-state index in [4.69, 9.17) is 14.9 Å². The van der Waals surface area contributed by atoms with Gasteiger partial charge in [0.15, 0.2) is 11.9 Å². The monoisotopic (exact) mass is 249 g/mol. The van der Waals surface area contributed by atoms with Crippen molar-refractivity contribution in [3.63, 3.8) is 0 Å². The summed E-state index contributed by atoms with van der Waals surface area (Å²) in [5.41, 5.74) is 0. The van der Waals surface area contributed by atoms with E-state index >= 15 is 0 Å². The largest absolute Gasteiger partial charge is 0.481 e. The SMILES string of the molecule is O=C(O)CC(=O)C(O)[C@H]1OC[C@H](O)[C@@H](O)[C]1O. The molecule has 0 spiro atoms. The first kappa shape index (κ1) is 14.0. The predicted octanol–water partition coefficient (Wildman–Crippen LogP) is -2.58. The number of aliphatic hydroxyl groups excluding tert-OH is 4. The fourth-order valence-corrected chi connectivity index (χ4v) is 1.42. The molecule has 1 aliphatic rings. The zero-order valence-corrected chi connectivity index (χ0v) is 8.68. The average molecular weight is 249 g/mol. The smallest absolute Gasteiger partial charge is 0.310 e. The van der Waals surface area contributed by atoms with E-state index in [1.807, 2.05) is 0 Å². The zero-order chi connectivity index (χ0) is 13.2. The minimum Gasteiger partial charge on any atom is -0.481 e. The Hall–Kier alpha value is -1.06. The number of carbonyl (C=O) groups is 2. The molecule has 8 nitrogen and oxygen atoms in total. The fraction of sp³-hybridized carbons (Fsp3) is 0.667. The number of ketones is 1. The predicted molar refractivity (Wildman–Crippen MR) is 50.2 cm³/mol. The van der Waals surface area contributed by atoms with Crippen molar-refractivity contribution in [2.75, 3.05) is 6.61 Å². The molecule has 1 heterocycles. The summed E-state index contributed by atoms with van der Waals surface area (Å²) in [7, 11) is 0. The van der Waals surface area contributed by atoms with Gasteiger partial charge in [-0.3, -0.25) is 9.59 Å². The molecule has 1 radical (unpaired) electrons. The van der Waals surface area contributed by atoms with Gasteiger partial charge in [-0.15, -0.1) is 0 Å². The van der Waals surface area contributed by atoms with E-state index in [-0.39, 0.29) is 6.61 Å². The van der Waals surface area contributed by atoms with Crippen molar-refractivity contribution in [3.8, 4) is 0 Å². The van der Waals surface area contributed by atoms with E-state index in [9.17, 15) is 24.9 Å². The zero-order valence-electron chi connectivity index (χ0n) is 8.68. The second-order valence-electron chi connectivity index (χ2n) is 3.67. The van der Waals surface area contributed by atoms with E-state index in [0.717, 1.165) is 0 Å². The third-order valence-electron chi connectivity index (χ3n) is 2.35. The third kappa shape index (κ3) is 3.20. The molecule has 0 aliphatic carbocycles. The summed E-state index contributed by atoms with van der Waals surface area (Å²) < 4.78 is 4.78. The standard InChI is InChI=1S/C9H13O8/c10-3(1-5(12)13)7(15)9-8(16)6(14)4(11)2-17-9/h4,6-7,9,11,14-16H,1-2H2,(H,12,13)/t4-,6+,7?,9+/m0/s1. The Morgan fingerprint density at radius 2 is 2.00 bits per heavy atom. The van der Waals surface area contributed by atoms with Gasteiger partial charge < -0.3 is 30.3 Å². The number of hydrogen-bond donors (Lipinski definition) is 5. The van der Waals surface area contributed by atoms with Gasteiger partial charge in [-0.1, -0.05) is 0 Å². The highest BCUT2D eigenvalue weighted by Gasteiger charge is 2.44. The van der Waals surface area contributed by atoms with Crippen LogP contribution < -0.4 is 0 Å². The Balaban J connectivity index is 2.66. The molecule has 1 saturated heterocycles. The van der Waals surface area contributed by atoms with Crippen molar-refractivity contribution in [3.05, 3.63) is 6.10 Å². The average Bonchev–Trinajstić information content (AvgIpc) is 2.24. The van der Waals surface area contributed by atoms with Crippen molar-refractivity contribution in [2.45, 2.75) is 30.8 Å². The minimum absolute atomic E-state index is 0.382. The molecule has 4 atom stereocenters. The van der Waals surface area contributed by atoms with Gasteiger partial charge in [0.05, 0.1) is 6.61 Å². The summed E-state index contributed by atoms with van der Waals surface area (Å²) in [6.07, 6.45) is -8.13. The van der Waals surface area contributed by atoms with Gasteiger partial charge in [0.1, 0.15) is 30.8 Å². The molecule has 5 N–H and O–H groups in total. The lowest BCUT2D eigenvalue weighted by Gasteiger charge is -2.36. The summed E-state index contributed by atoms with van der Waals surface area (Å²) in [5, 5.41) is 45.6. The first-order valence-electron chi connectivity index (χ1n) is 4.80. The summed E-state index contributed by atoms with van der Waals surface area (Å²) >= 11 is 0. The van der Waals surface area contributed by atoms with Gasteiger partial charge in [-0.25, -0.2) is 0 Å². The molecule has 0 aromatic carbocycles. The van der Waals surface area contributed by atoms with Gasteiger partial charge >= 0.3 is 5.97 Å². The lowest BCUT2D eigenvalue weighted by molar-refractivity contribution is -0.174. The lowest BCUT2D eigenvalue weighted by Crippen LogP contribution is -2.53. The van der Waals surface area contributed by atoms with Crippen LogP contribution in [0.1, 0.15) is 6.42 Å². The molecule has 97 valence electrons. The summed E-state index contributed by atoms with van der Waals surface area (Å²) in [6.45, 7) is -0.382. The van der Waals surface area contributed by atoms with Crippen molar-refractivity contribution >= 4 is 11.8 Å². The van der Waals surface area contributed by atoms with Crippen LogP contribution in [-0.2, 0) is 14.3 Å². The number of hydrogen-bond acceptors (Lipinski definition) is 7. The van der Waals surface area contributed by atoms with Gasteiger partial charge in [-0.2, -0.15) is 0 Å². The molecule has 0 aromatic rings. The van der Waals surface area contributed by atoms with Crippen molar-refractivity contribution in [2.24, 2.45) is 0 Å². The fourth-order valence-electron chi connectivity index (χ4n) is 1.42. The molecule has 0 saturated carbocycles. The van der Waals surface area contributed by atoms with Crippen LogP contribution in [0.4, 0.5) is 0 Å². The van der Waals surface area contributed by atoms with Crippen LogP contribution in [0, 0.1) is 6.10 Å². The Bertz CT molecular complexity index is 303. The molecule has 17 heavy (non-hydrogen) atoms. The van der Waals surface area contributed by atoms with Crippen LogP contribution in [0.15, 0.2) is 0 Å². The molecule has 1 rings (SSSR count). The first-order valence-corrected chi connectivity index (χ1v) is 4.80. The Labute approximate surface area is 96.1 Å². The highest BCUT2D eigenvalue weighted by Crippen LogP contribution is 2.24. The van der Waals surface area contributed by atoms with Gasteiger partial charge in [0.2, 0.25) is 0 Å². The summed E-state index contributed by atoms with van der Waals surface area (Å²) in [5.74, 6) is -2.48. The van der Waals surface area contributed by atoms with E-state index < -0.39 is 48.7 Å². The maximum absolute atomic E-state index is 11.2. The number of aliphatic carboxylic acids is 1. The quantitative estimate of drug-likeness (QED) is 0.341. The normalized spacial score (nSPS) is 32.1. The van der Waals surface area contributed by atoms with E-state index in [0.29, 0.717) is 0 Å². The number of Topliss-reactive ketones (excluding diaryl/α,β-unsaturated/α-hetero) is 1. The molecule has 0 bridgehead atoms. The van der Waals surface area contributed by atoms with Gasteiger partial charge in [0.25, 0.3) is 0 Å². The molecule has 0 amide bonds. The van der Waals surface area contributed by atoms with Crippen LogP contribution in [0.5, 0.6) is 0 Å². The topological polar surface area (TPSA) is 145 Å². The number of carbonyl (C=O) groups excluding carboxylic acids is 1. The van der Waals surface area contributed by atoms with Crippen molar-refractivity contribution in [1.29, 1.82) is 0 Å². The number of rotatable bonds is 4. The second kappa shape index (κ2) is 5.52. The molecule has 1 aliphatic heterocycles.